The van der Waals surface area contributed by atoms with Crippen molar-refractivity contribution in [1.29, 1.82) is 0 Å². The van der Waals surface area contributed by atoms with E-state index in [4.69, 9.17) is 4.74 Å². The molecule has 27 heavy (non-hydrogen) atoms. The van der Waals surface area contributed by atoms with E-state index >= 15 is 0 Å². The first kappa shape index (κ1) is 24.0. The molecule has 1 aliphatic rings. The molecule has 0 atom stereocenters. The smallest absolute Gasteiger partial charge is 0.191 e. The van der Waals surface area contributed by atoms with Crippen LogP contribution in [0.15, 0.2) is 23.2 Å². The van der Waals surface area contributed by atoms with Gasteiger partial charge in [0.2, 0.25) is 0 Å². The van der Waals surface area contributed by atoms with Gasteiger partial charge in [-0.25, -0.2) is 8.42 Å². The molecule has 0 amide bonds. The fourth-order valence-electron chi connectivity index (χ4n) is 2.95. The van der Waals surface area contributed by atoms with Gasteiger partial charge in [-0.1, -0.05) is 17.7 Å². The minimum absolute atomic E-state index is 0. The van der Waals surface area contributed by atoms with E-state index in [2.05, 4.69) is 33.5 Å². The number of halogens is 1. The van der Waals surface area contributed by atoms with Gasteiger partial charge in [0.05, 0.1) is 18.6 Å². The molecular weight excluding hydrogens is 479 g/mol. The third kappa shape index (κ3) is 8.22. The van der Waals surface area contributed by atoms with E-state index in [1.54, 1.807) is 14.2 Å². The van der Waals surface area contributed by atoms with Gasteiger partial charge in [0.25, 0.3) is 0 Å². The Hall–Kier alpha value is -1.07. The summed E-state index contributed by atoms with van der Waals surface area (Å²) in [4.78, 5) is 6.40. The van der Waals surface area contributed by atoms with Crippen LogP contribution in [0.2, 0.25) is 0 Å². The van der Waals surface area contributed by atoms with Crippen molar-refractivity contribution >= 4 is 39.8 Å². The molecule has 0 unspecified atom stereocenters. The van der Waals surface area contributed by atoms with Gasteiger partial charge < -0.3 is 15.4 Å². The number of hydrogen-bond donors (Lipinski definition) is 2. The summed E-state index contributed by atoms with van der Waals surface area (Å²) in [6, 6.07) is 6.18. The number of aliphatic imine (C=N–C) groups is 1. The summed E-state index contributed by atoms with van der Waals surface area (Å²) in [7, 11) is 0.617. The van der Waals surface area contributed by atoms with Gasteiger partial charge in [-0.05, 0) is 25.0 Å². The maximum atomic E-state index is 11.4. The molecule has 1 aromatic carbocycles. The van der Waals surface area contributed by atoms with Crippen LogP contribution in [-0.2, 0) is 16.3 Å². The van der Waals surface area contributed by atoms with Crippen LogP contribution in [0.1, 0.15) is 11.1 Å². The molecule has 1 fully saturated rings. The quantitative estimate of drug-likeness (QED) is 0.325. The molecule has 0 radical (unpaired) electrons. The maximum absolute atomic E-state index is 11.4. The van der Waals surface area contributed by atoms with E-state index in [-0.39, 0.29) is 35.5 Å². The van der Waals surface area contributed by atoms with Crippen LogP contribution in [0, 0.1) is 6.92 Å². The minimum atomic E-state index is -2.82. The Balaban J connectivity index is 0.00000364. The molecule has 1 aromatic rings. The van der Waals surface area contributed by atoms with E-state index in [1.165, 1.54) is 11.1 Å². The Labute approximate surface area is 179 Å². The molecule has 0 aliphatic carbocycles. The summed E-state index contributed by atoms with van der Waals surface area (Å²) in [5, 5.41) is 6.59. The lowest BCUT2D eigenvalue weighted by Gasteiger charge is -2.26. The van der Waals surface area contributed by atoms with Crippen molar-refractivity contribution in [3.63, 3.8) is 0 Å². The third-order valence-corrected chi connectivity index (χ3v) is 6.11. The summed E-state index contributed by atoms with van der Waals surface area (Å²) in [5.74, 6) is 2.18. The molecule has 154 valence electrons. The molecule has 7 nitrogen and oxygen atoms in total. The minimum Gasteiger partial charge on any atom is -0.496 e. The fraction of sp³-hybridized carbons (Fsp3) is 0.611. The molecule has 2 rings (SSSR count). The number of aryl methyl sites for hydroxylation is 1. The third-order valence-electron chi connectivity index (χ3n) is 4.50. The van der Waals surface area contributed by atoms with E-state index in [0.717, 1.165) is 37.8 Å². The Morgan fingerprint density at radius 3 is 2.52 bits per heavy atom. The van der Waals surface area contributed by atoms with Crippen molar-refractivity contribution in [2.75, 3.05) is 58.4 Å². The predicted molar refractivity (Wildman–Crippen MR) is 121 cm³/mol. The number of rotatable bonds is 7. The Kier molecular flexibility index (Phi) is 10.4. The van der Waals surface area contributed by atoms with Crippen molar-refractivity contribution in [3.8, 4) is 5.75 Å². The van der Waals surface area contributed by atoms with Gasteiger partial charge in [-0.2, -0.15) is 0 Å². The average molecular weight is 510 g/mol. The van der Waals surface area contributed by atoms with Crippen LogP contribution in [0.4, 0.5) is 0 Å². The SMILES string of the molecule is CN=C(NCCc1cc(C)ccc1OC)NCCN1CCS(=O)(=O)CC1.I. The van der Waals surface area contributed by atoms with E-state index in [9.17, 15) is 8.42 Å². The number of nitrogens with one attached hydrogen (secondary N) is 2. The predicted octanol–water partition coefficient (Wildman–Crippen LogP) is 1.06. The summed E-state index contributed by atoms with van der Waals surface area (Å²) in [6.45, 7) is 5.59. The molecule has 1 heterocycles. The second-order valence-electron chi connectivity index (χ2n) is 6.48. The standard InChI is InChI=1S/C18H30N4O3S.HI/c1-15-4-5-17(25-3)16(14-15)6-7-20-18(19-2)21-8-9-22-10-12-26(23,24)13-11-22;/h4-5,14H,6-13H2,1-3H3,(H2,19,20,21);1H. The molecule has 0 bridgehead atoms. The average Bonchev–Trinajstić information content (AvgIpc) is 2.62. The monoisotopic (exact) mass is 510 g/mol. The largest absolute Gasteiger partial charge is 0.496 e. The molecule has 0 spiro atoms. The maximum Gasteiger partial charge on any atom is 0.191 e. The number of sulfone groups is 1. The fourth-order valence-corrected chi connectivity index (χ4v) is 4.22. The van der Waals surface area contributed by atoms with Gasteiger partial charge in [0.15, 0.2) is 15.8 Å². The molecule has 0 saturated carbocycles. The first-order valence-corrected chi connectivity index (χ1v) is 10.8. The summed E-state index contributed by atoms with van der Waals surface area (Å²) < 4.78 is 28.3. The Morgan fingerprint density at radius 1 is 1.22 bits per heavy atom. The van der Waals surface area contributed by atoms with Crippen molar-refractivity contribution in [2.45, 2.75) is 13.3 Å². The van der Waals surface area contributed by atoms with Crippen LogP contribution in [0.5, 0.6) is 5.75 Å². The van der Waals surface area contributed by atoms with Gasteiger partial charge in [0.1, 0.15) is 5.75 Å². The highest BCUT2D eigenvalue weighted by atomic mass is 127. The summed E-state index contributed by atoms with van der Waals surface area (Å²) in [5.41, 5.74) is 2.39. The molecular formula is C18H31IN4O3S. The van der Waals surface area contributed by atoms with Gasteiger partial charge >= 0.3 is 0 Å². The van der Waals surface area contributed by atoms with Crippen LogP contribution in [0.25, 0.3) is 0 Å². The Morgan fingerprint density at radius 2 is 1.89 bits per heavy atom. The zero-order valence-electron chi connectivity index (χ0n) is 16.3. The lowest BCUT2D eigenvalue weighted by Crippen LogP contribution is -2.46. The number of nitrogens with zero attached hydrogens (tertiary/aromatic N) is 2. The lowest BCUT2D eigenvalue weighted by atomic mass is 10.1. The lowest BCUT2D eigenvalue weighted by molar-refractivity contribution is 0.299. The van der Waals surface area contributed by atoms with Crippen LogP contribution in [-0.4, -0.2) is 77.7 Å². The number of hydrogen-bond acceptors (Lipinski definition) is 5. The number of benzene rings is 1. The highest BCUT2D eigenvalue weighted by Gasteiger charge is 2.20. The normalized spacial score (nSPS) is 17.1. The second kappa shape index (κ2) is 11.7. The van der Waals surface area contributed by atoms with Crippen molar-refractivity contribution in [3.05, 3.63) is 29.3 Å². The van der Waals surface area contributed by atoms with Gasteiger partial charge in [0, 0.05) is 39.8 Å². The van der Waals surface area contributed by atoms with Crippen LogP contribution in [0.3, 0.4) is 0 Å². The first-order valence-electron chi connectivity index (χ1n) is 8.94. The van der Waals surface area contributed by atoms with E-state index < -0.39 is 9.84 Å². The van der Waals surface area contributed by atoms with Gasteiger partial charge in [-0.15, -0.1) is 24.0 Å². The summed E-state index contributed by atoms with van der Waals surface area (Å²) >= 11 is 0. The molecule has 9 heteroatoms. The topological polar surface area (TPSA) is 83.0 Å². The molecule has 1 aliphatic heterocycles. The first-order chi connectivity index (χ1) is 12.4. The molecule has 1 saturated heterocycles. The van der Waals surface area contributed by atoms with Crippen LogP contribution >= 0.6 is 24.0 Å². The highest BCUT2D eigenvalue weighted by molar-refractivity contribution is 14.0. The van der Waals surface area contributed by atoms with E-state index in [1.807, 2.05) is 12.1 Å². The van der Waals surface area contributed by atoms with Crippen LogP contribution < -0.4 is 15.4 Å². The van der Waals surface area contributed by atoms with Crippen molar-refractivity contribution in [2.24, 2.45) is 4.99 Å². The zero-order chi connectivity index (χ0) is 19.0. The molecule has 2 N–H and O–H groups in total. The van der Waals surface area contributed by atoms with Crippen molar-refractivity contribution in [1.82, 2.24) is 15.5 Å². The second-order valence-corrected chi connectivity index (χ2v) is 8.79. The van der Waals surface area contributed by atoms with E-state index in [0.29, 0.717) is 13.1 Å². The van der Waals surface area contributed by atoms with Gasteiger partial charge in [-0.3, -0.25) is 9.89 Å². The van der Waals surface area contributed by atoms with Crippen molar-refractivity contribution < 1.29 is 13.2 Å². The summed E-state index contributed by atoms with van der Waals surface area (Å²) in [6.07, 6.45) is 0.843. The molecule has 0 aromatic heterocycles. The highest BCUT2D eigenvalue weighted by Crippen LogP contribution is 2.19. The zero-order valence-corrected chi connectivity index (χ0v) is 19.5. The number of ether oxygens (including phenoxy) is 1. The Bertz CT molecular complexity index is 711. The number of guanidine groups is 1. The number of methoxy groups -OCH3 is 1.